The fourth-order valence-electron chi connectivity index (χ4n) is 2.03. The number of hydrogen-bond donors (Lipinski definition) is 0. The zero-order valence-corrected chi connectivity index (χ0v) is 9.83. The maximum absolute atomic E-state index is 11.6. The molecule has 0 aliphatic carbocycles. The van der Waals surface area contributed by atoms with Crippen LogP contribution in [0.2, 0.25) is 0 Å². The Bertz CT molecular complexity index is 185. The van der Waals surface area contributed by atoms with Crippen molar-refractivity contribution in [2.75, 3.05) is 20.3 Å². The minimum Gasteiger partial charge on any atom is -0.384 e. The van der Waals surface area contributed by atoms with Crippen molar-refractivity contribution in [2.45, 2.75) is 45.1 Å². The molecule has 3 nitrogen and oxygen atoms in total. The van der Waals surface area contributed by atoms with E-state index in [0.717, 1.165) is 25.9 Å². The van der Waals surface area contributed by atoms with E-state index in [0.29, 0.717) is 37.3 Å². The Kier molecular flexibility index (Phi) is 5.88. The molecule has 0 aromatic rings. The van der Waals surface area contributed by atoms with Gasteiger partial charge in [0, 0.05) is 33.2 Å². The highest BCUT2D eigenvalue weighted by atomic mass is 16.5. The number of ketones is 1. The van der Waals surface area contributed by atoms with E-state index in [4.69, 9.17) is 9.47 Å². The summed E-state index contributed by atoms with van der Waals surface area (Å²) in [7, 11) is 1.67. The number of Topliss-reactive ketones (excluding diaryl/α,β-unsaturated/α-hetero) is 1. The number of hydrogen-bond acceptors (Lipinski definition) is 3. The Hall–Kier alpha value is -0.410. The van der Waals surface area contributed by atoms with Crippen molar-refractivity contribution >= 4 is 5.78 Å². The molecule has 1 rings (SSSR count). The van der Waals surface area contributed by atoms with Gasteiger partial charge in [0.15, 0.2) is 0 Å². The number of ether oxygens (including phenoxy) is 2. The average molecular weight is 214 g/mol. The molecule has 15 heavy (non-hydrogen) atoms. The van der Waals surface area contributed by atoms with Crippen LogP contribution in [0.3, 0.4) is 0 Å². The van der Waals surface area contributed by atoms with Gasteiger partial charge in [-0.1, -0.05) is 6.92 Å². The minimum atomic E-state index is 0.340. The predicted octanol–water partition coefficient (Wildman–Crippen LogP) is 2.19. The number of carbonyl (C=O) groups excluding carboxylic acids is 1. The van der Waals surface area contributed by atoms with E-state index < -0.39 is 0 Å². The molecule has 0 N–H and O–H groups in total. The monoisotopic (exact) mass is 214 g/mol. The maximum Gasteiger partial charge on any atom is 0.133 e. The summed E-state index contributed by atoms with van der Waals surface area (Å²) in [6.07, 6.45) is 4.82. The third kappa shape index (κ3) is 5.28. The molecule has 1 fully saturated rings. The topological polar surface area (TPSA) is 35.5 Å². The Morgan fingerprint density at radius 1 is 1.60 bits per heavy atom. The summed E-state index contributed by atoms with van der Waals surface area (Å²) in [6, 6.07) is 0. The lowest BCUT2D eigenvalue weighted by atomic mass is 10.0. The van der Waals surface area contributed by atoms with Gasteiger partial charge in [0.2, 0.25) is 0 Å². The molecule has 1 aliphatic heterocycles. The van der Waals surface area contributed by atoms with Crippen molar-refractivity contribution in [3.63, 3.8) is 0 Å². The van der Waals surface area contributed by atoms with Gasteiger partial charge in [-0.05, 0) is 25.2 Å². The van der Waals surface area contributed by atoms with Crippen LogP contribution in [-0.4, -0.2) is 32.2 Å². The van der Waals surface area contributed by atoms with Crippen LogP contribution in [0, 0.1) is 5.92 Å². The smallest absolute Gasteiger partial charge is 0.133 e. The average Bonchev–Trinajstić information content (AvgIpc) is 2.67. The SMILES string of the molecule is COCC(C)CC(=O)CCC1CCCO1. The summed E-state index contributed by atoms with van der Waals surface area (Å²) in [5.74, 6) is 0.682. The Morgan fingerprint density at radius 2 is 2.40 bits per heavy atom. The molecule has 2 unspecified atom stereocenters. The molecule has 0 bridgehead atoms. The quantitative estimate of drug-likeness (QED) is 0.651. The van der Waals surface area contributed by atoms with Gasteiger partial charge in [-0.3, -0.25) is 4.79 Å². The van der Waals surface area contributed by atoms with E-state index in [1.54, 1.807) is 7.11 Å². The Labute approximate surface area is 92.1 Å². The standard InChI is InChI=1S/C12H22O3/c1-10(9-14-2)8-11(13)5-6-12-4-3-7-15-12/h10,12H,3-9H2,1-2H3. The summed E-state index contributed by atoms with van der Waals surface area (Å²) in [6.45, 7) is 3.60. The molecular formula is C12H22O3. The number of rotatable bonds is 7. The van der Waals surface area contributed by atoms with Crippen LogP contribution in [0.4, 0.5) is 0 Å². The summed E-state index contributed by atoms with van der Waals surface area (Å²) in [4.78, 5) is 11.6. The molecule has 0 saturated carbocycles. The second-order valence-corrected chi connectivity index (χ2v) is 4.48. The number of methoxy groups -OCH3 is 1. The first-order valence-electron chi connectivity index (χ1n) is 5.84. The summed E-state index contributed by atoms with van der Waals surface area (Å²) in [5.41, 5.74) is 0. The highest BCUT2D eigenvalue weighted by Gasteiger charge is 2.17. The highest BCUT2D eigenvalue weighted by Crippen LogP contribution is 2.18. The molecule has 0 spiro atoms. The fourth-order valence-corrected chi connectivity index (χ4v) is 2.03. The van der Waals surface area contributed by atoms with Crippen LogP contribution in [0.5, 0.6) is 0 Å². The van der Waals surface area contributed by atoms with E-state index in [2.05, 4.69) is 0 Å². The Balaban J connectivity index is 2.07. The Morgan fingerprint density at radius 3 is 3.00 bits per heavy atom. The van der Waals surface area contributed by atoms with Crippen molar-refractivity contribution in [1.82, 2.24) is 0 Å². The van der Waals surface area contributed by atoms with Crippen LogP contribution in [0.15, 0.2) is 0 Å². The van der Waals surface area contributed by atoms with Gasteiger partial charge < -0.3 is 9.47 Å². The zero-order chi connectivity index (χ0) is 11.1. The molecule has 0 aromatic carbocycles. The van der Waals surface area contributed by atoms with Crippen LogP contribution >= 0.6 is 0 Å². The van der Waals surface area contributed by atoms with Gasteiger partial charge in [0.1, 0.15) is 5.78 Å². The molecule has 1 aliphatic rings. The van der Waals surface area contributed by atoms with Crippen LogP contribution in [0.1, 0.15) is 39.0 Å². The van der Waals surface area contributed by atoms with Gasteiger partial charge in [0.05, 0.1) is 6.10 Å². The third-order valence-electron chi connectivity index (χ3n) is 2.80. The van der Waals surface area contributed by atoms with Crippen LogP contribution in [0.25, 0.3) is 0 Å². The molecule has 2 atom stereocenters. The normalized spacial score (nSPS) is 22.9. The second-order valence-electron chi connectivity index (χ2n) is 4.48. The molecule has 1 saturated heterocycles. The van der Waals surface area contributed by atoms with E-state index >= 15 is 0 Å². The molecule has 0 aromatic heterocycles. The molecule has 1 heterocycles. The van der Waals surface area contributed by atoms with E-state index in [1.165, 1.54) is 0 Å². The fraction of sp³-hybridized carbons (Fsp3) is 0.917. The van der Waals surface area contributed by atoms with Gasteiger partial charge >= 0.3 is 0 Å². The van der Waals surface area contributed by atoms with Crippen LogP contribution < -0.4 is 0 Å². The van der Waals surface area contributed by atoms with E-state index in [-0.39, 0.29) is 0 Å². The lowest BCUT2D eigenvalue weighted by Gasteiger charge is -2.11. The van der Waals surface area contributed by atoms with Gasteiger partial charge in [-0.25, -0.2) is 0 Å². The van der Waals surface area contributed by atoms with Gasteiger partial charge in [0.25, 0.3) is 0 Å². The molecule has 88 valence electrons. The zero-order valence-electron chi connectivity index (χ0n) is 9.83. The molecule has 0 radical (unpaired) electrons. The first-order chi connectivity index (χ1) is 7.22. The molecular weight excluding hydrogens is 192 g/mol. The summed E-state index contributed by atoms with van der Waals surface area (Å²) < 4.78 is 10.5. The largest absolute Gasteiger partial charge is 0.384 e. The molecule has 3 heteroatoms. The lowest BCUT2D eigenvalue weighted by Crippen LogP contribution is -2.13. The first-order valence-corrected chi connectivity index (χ1v) is 5.84. The van der Waals surface area contributed by atoms with Crippen LogP contribution in [-0.2, 0) is 14.3 Å². The summed E-state index contributed by atoms with van der Waals surface area (Å²) in [5, 5.41) is 0. The van der Waals surface area contributed by atoms with E-state index in [9.17, 15) is 4.79 Å². The lowest BCUT2D eigenvalue weighted by molar-refractivity contribution is -0.120. The number of carbonyl (C=O) groups is 1. The third-order valence-corrected chi connectivity index (χ3v) is 2.80. The maximum atomic E-state index is 11.6. The van der Waals surface area contributed by atoms with Gasteiger partial charge in [-0.2, -0.15) is 0 Å². The minimum absolute atomic E-state index is 0.340. The molecule has 0 amide bonds. The van der Waals surface area contributed by atoms with Crippen molar-refractivity contribution in [3.05, 3.63) is 0 Å². The first kappa shape index (κ1) is 12.7. The van der Waals surface area contributed by atoms with Crippen molar-refractivity contribution < 1.29 is 14.3 Å². The van der Waals surface area contributed by atoms with Gasteiger partial charge in [-0.15, -0.1) is 0 Å². The second kappa shape index (κ2) is 6.96. The van der Waals surface area contributed by atoms with E-state index in [1.807, 2.05) is 6.92 Å². The highest BCUT2D eigenvalue weighted by molar-refractivity contribution is 5.78. The van der Waals surface area contributed by atoms with Crippen molar-refractivity contribution in [2.24, 2.45) is 5.92 Å². The van der Waals surface area contributed by atoms with Crippen molar-refractivity contribution in [3.8, 4) is 0 Å². The van der Waals surface area contributed by atoms with Crippen molar-refractivity contribution in [1.29, 1.82) is 0 Å². The summed E-state index contributed by atoms with van der Waals surface area (Å²) >= 11 is 0. The predicted molar refractivity (Wildman–Crippen MR) is 58.9 cm³/mol.